The van der Waals surface area contributed by atoms with Crippen LogP contribution in [0.25, 0.3) is 0 Å². The van der Waals surface area contributed by atoms with Crippen molar-refractivity contribution in [3.63, 3.8) is 0 Å². The van der Waals surface area contributed by atoms with Crippen molar-refractivity contribution in [1.82, 2.24) is 0 Å². The standard InChI is InChI=1S/C24H34FN/c1-2-3-4-6-20-9-13-22(14-10-20)17-18-23-15-11-21(12-16-23)7-5-8-24(25)19-26/h8-10,13-14,21,23H,2-7,11-12,15-18H2,1H3/b24-8-/t21-,23-. The molecule has 0 radical (unpaired) electrons. The van der Waals surface area contributed by atoms with Gasteiger partial charge in [0.2, 0.25) is 0 Å². The van der Waals surface area contributed by atoms with Gasteiger partial charge in [0.05, 0.1) is 0 Å². The lowest BCUT2D eigenvalue weighted by molar-refractivity contribution is 0.254. The maximum absolute atomic E-state index is 12.8. The number of benzene rings is 1. The van der Waals surface area contributed by atoms with E-state index in [0.717, 1.165) is 18.3 Å². The summed E-state index contributed by atoms with van der Waals surface area (Å²) in [5.41, 5.74) is 2.95. The van der Waals surface area contributed by atoms with Crippen LogP contribution in [0.4, 0.5) is 4.39 Å². The maximum Gasteiger partial charge on any atom is 0.196 e. The zero-order valence-corrected chi connectivity index (χ0v) is 16.4. The normalized spacial score (nSPS) is 20.7. The summed E-state index contributed by atoms with van der Waals surface area (Å²) in [5.74, 6) is 0.938. The van der Waals surface area contributed by atoms with E-state index in [0.29, 0.717) is 6.42 Å². The predicted molar refractivity (Wildman–Crippen MR) is 107 cm³/mol. The molecular weight excluding hydrogens is 321 g/mol. The molecule has 1 nitrogen and oxygen atoms in total. The lowest BCUT2D eigenvalue weighted by Gasteiger charge is -2.28. The first-order valence-corrected chi connectivity index (χ1v) is 10.5. The molecule has 26 heavy (non-hydrogen) atoms. The summed E-state index contributed by atoms with van der Waals surface area (Å²) in [6.07, 6.45) is 16.0. The zero-order valence-electron chi connectivity index (χ0n) is 16.4. The van der Waals surface area contributed by atoms with E-state index in [1.54, 1.807) is 6.07 Å². The van der Waals surface area contributed by atoms with E-state index >= 15 is 0 Å². The molecule has 0 N–H and O–H groups in total. The van der Waals surface area contributed by atoms with E-state index in [2.05, 4.69) is 31.2 Å². The van der Waals surface area contributed by atoms with Gasteiger partial charge >= 0.3 is 0 Å². The number of unbranched alkanes of at least 4 members (excludes halogenated alkanes) is 2. The van der Waals surface area contributed by atoms with Crippen LogP contribution in [-0.2, 0) is 12.8 Å². The van der Waals surface area contributed by atoms with Crippen LogP contribution in [0, 0.1) is 23.2 Å². The fourth-order valence-electron chi connectivity index (χ4n) is 4.12. The van der Waals surface area contributed by atoms with Gasteiger partial charge in [-0.15, -0.1) is 0 Å². The third kappa shape index (κ3) is 7.73. The molecule has 0 aromatic heterocycles. The van der Waals surface area contributed by atoms with Crippen LogP contribution < -0.4 is 0 Å². The second-order valence-corrected chi connectivity index (χ2v) is 7.94. The number of hydrogen-bond donors (Lipinski definition) is 0. The second kappa shape index (κ2) is 11.9. The molecule has 0 saturated heterocycles. The Bertz CT molecular complexity index is 573. The minimum atomic E-state index is -0.630. The molecule has 0 bridgehead atoms. The second-order valence-electron chi connectivity index (χ2n) is 7.94. The van der Waals surface area contributed by atoms with Crippen molar-refractivity contribution in [2.24, 2.45) is 11.8 Å². The zero-order chi connectivity index (χ0) is 18.6. The molecule has 0 unspecified atom stereocenters. The van der Waals surface area contributed by atoms with Gasteiger partial charge in [0, 0.05) is 0 Å². The van der Waals surface area contributed by atoms with Gasteiger partial charge in [-0.3, -0.25) is 0 Å². The summed E-state index contributed by atoms with van der Waals surface area (Å²) in [4.78, 5) is 0. The van der Waals surface area contributed by atoms with E-state index in [1.165, 1.54) is 81.4 Å². The molecule has 1 aliphatic rings. The van der Waals surface area contributed by atoms with E-state index in [-0.39, 0.29) is 0 Å². The average Bonchev–Trinajstić information content (AvgIpc) is 2.68. The molecule has 2 rings (SSSR count). The highest BCUT2D eigenvalue weighted by Crippen LogP contribution is 2.34. The lowest BCUT2D eigenvalue weighted by Crippen LogP contribution is -2.15. The monoisotopic (exact) mass is 355 g/mol. The van der Waals surface area contributed by atoms with Crippen molar-refractivity contribution in [2.45, 2.75) is 84.0 Å². The Labute approximate surface area is 159 Å². The average molecular weight is 356 g/mol. The number of nitriles is 1. The highest BCUT2D eigenvalue weighted by molar-refractivity contribution is 5.22. The van der Waals surface area contributed by atoms with Crippen molar-refractivity contribution in [1.29, 1.82) is 5.26 Å². The van der Waals surface area contributed by atoms with Crippen molar-refractivity contribution in [3.8, 4) is 6.07 Å². The van der Waals surface area contributed by atoms with Gasteiger partial charge in [-0.05, 0) is 67.6 Å². The van der Waals surface area contributed by atoms with Crippen molar-refractivity contribution >= 4 is 0 Å². The van der Waals surface area contributed by atoms with E-state index in [4.69, 9.17) is 5.26 Å². The number of allylic oxidation sites excluding steroid dienone is 2. The Balaban J connectivity index is 1.63. The number of rotatable bonds is 10. The quantitative estimate of drug-likeness (QED) is 0.319. The Hall–Kier alpha value is -1.62. The molecule has 0 heterocycles. The molecule has 1 fully saturated rings. The summed E-state index contributed by atoms with van der Waals surface area (Å²) >= 11 is 0. The summed E-state index contributed by atoms with van der Waals surface area (Å²) < 4.78 is 12.8. The molecule has 1 aromatic rings. The molecular formula is C24H34FN. The fourth-order valence-corrected chi connectivity index (χ4v) is 4.12. The Morgan fingerprint density at radius 2 is 1.58 bits per heavy atom. The van der Waals surface area contributed by atoms with Gasteiger partial charge in [-0.1, -0.05) is 69.7 Å². The highest BCUT2D eigenvalue weighted by atomic mass is 19.1. The molecule has 142 valence electrons. The summed E-state index contributed by atoms with van der Waals surface area (Å²) in [6, 6.07) is 10.8. The van der Waals surface area contributed by atoms with Crippen LogP contribution in [-0.4, -0.2) is 0 Å². The molecule has 0 spiro atoms. The van der Waals surface area contributed by atoms with Crippen molar-refractivity contribution in [2.75, 3.05) is 0 Å². The van der Waals surface area contributed by atoms with E-state index in [1.807, 2.05) is 0 Å². The SMILES string of the molecule is CCCCCc1ccc(CC[C@H]2CC[C@H](CC/C=C(\F)C#N)CC2)cc1. The minimum absolute atomic E-state index is 0.630. The molecule has 0 atom stereocenters. The van der Waals surface area contributed by atoms with Gasteiger partial charge in [0.25, 0.3) is 0 Å². The van der Waals surface area contributed by atoms with E-state index in [9.17, 15) is 4.39 Å². The number of halogens is 1. The van der Waals surface area contributed by atoms with Gasteiger partial charge in [0.15, 0.2) is 5.83 Å². The summed E-state index contributed by atoms with van der Waals surface area (Å²) in [6.45, 7) is 2.25. The topological polar surface area (TPSA) is 23.8 Å². The number of nitrogens with zero attached hydrogens (tertiary/aromatic N) is 1. The minimum Gasteiger partial charge on any atom is -0.195 e. The smallest absolute Gasteiger partial charge is 0.195 e. The summed E-state index contributed by atoms with van der Waals surface area (Å²) in [5, 5.41) is 8.43. The highest BCUT2D eigenvalue weighted by Gasteiger charge is 2.20. The van der Waals surface area contributed by atoms with Gasteiger partial charge < -0.3 is 0 Å². The van der Waals surface area contributed by atoms with Crippen LogP contribution >= 0.6 is 0 Å². The number of aryl methyl sites for hydroxylation is 2. The van der Waals surface area contributed by atoms with Crippen LogP contribution in [0.1, 0.15) is 82.3 Å². The first-order valence-electron chi connectivity index (χ1n) is 10.5. The van der Waals surface area contributed by atoms with Gasteiger partial charge in [-0.25, -0.2) is 0 Å². The molecule has 0 aliphatic heterocycles. The Kier molecular flexibility index (Phi) is 9.46. The van der Waals surface area contributed by atoms with Gasteiger partial charge in [0.1, 0.15) is 6.07 Å². The van der Waals surface area contributed by atoms with Gasteiger partial charge in [-0.2, -0.15) is 9.65 Å². The van der Waals surface area contributed by atoms with Crippen molar-refractivity contribution in [3.05, 3.63) is 47.3 Å². The molecule has 1 aromatic carbocycles. The third-order valence-corrected chi connectivity index (χ3v) is 5.90. The first-order chi connectivity index (χ1) is 12.7. The molecule has 1 saturated carbocycles. The third-order valence-electron chi connectivity index (χ3n) is 5.90. The Morgan fingerprint density at radius 1 is 1.00 bits per heavy atom. The molecule has 0 amide bonds. The molecule has 2 heteroatoms. The first kappa shape index (κ1) is 20.7. The predicted octanol–water partition coefficient (Wildman–Crippen LogP) is 7.32. The maximum atomic E-state index is 12.8. The van der Waals surface area contributed by atoms with Crippen LogP contribution in [0.15, 0.2) is 36.2 Å². The fraction of sp³-hybridized carbons (Fsp3) is 0.625. The van der Waals surface area contributed by atoms with Crippen LogP contribution in [0.5, 0.6) is 0 Å². The Morgan fingerprint density at radius 3 is 2.15 bits per heavy atom. The van der Waals surface area contributed by atoms with Crippen LogP contribution in [0.3, 0.4) is 0 Å². The lowest BCUT2D eigenvalue weighted by atomic mass is 9.78. The van der Waals surface area contributed by atoms with Crippen molar-refractivity contribution < 1.29 is 4.39 Å². The molecule has 1 aliphatic carbocycles. The summed E-state index contributed by atoms with van der Waals surface area (Å²) in [7, 11) is 0. The largest absolute Gasteiger partial charge is 0.196 e. The number of hydrogen-bond acceptors (Lipinski definition) is 1. The van der Waals surface area contributed by atoms with Crippen LogP contribution in [0.2, 0.25) is 0 Å². The van der Waals surface area contributed by atoms with E-state index < -0.39 is 5.83 Å².